The van der Waals surface area contributed by atoms with Crippen molar-refractivity contribution in [3.63, 3.8) is 0 Å². The van der Waals surface area contributed by atoms with Gasteiger partial charge in [0.15, 0.2) is 0 Å². The summed E-state index contributed by atoms with van der Waals surface area (Å²) in [4.78, 5) is 15.1. The van der Waals surface area contributed by atoms with Crippen LogP contribution in [-0.4, -0.2) is 34.8 Å². The maximum Gasteiger partial charge on any atom is 0.337 e. The molecule has 0 spiro atoms. The number of benzene rings is 2. The molecule has 0 amide bonds. The second kappa shape index (κ2) is 7.25. The maximum absolute atomic E-state index is 11.7. The molecule has 2 heterocycles. The van der Waals surface area contributed by atoms with Crippen molar-refractivity contribution in [2.24, 2.45) is 0 Å². The summed E-state index contributed by atoms with van der Waals surface area (Å²) in [7, 11) is 1.38. The van der Waals surface area contributed by atoms with Crippen molar-refractivity contribution >= 4 is 27.8 Å². The first-order chi connectivity index (χ1) is 13.2. The Morgan fingerprint density at radius 2 is 2.04 bits per heavy atom. The van der Waals surface area contributed by atoms with E-state index in [0.29, 0.717) is 5.56 Å². The fourth-order valence-electron chi connectivity index (χ4n) is 3.30. The number of aromatic nitrogens is 3. The largest absolute Gasteiger partial charge is 0.465 e. The number of H-pyrrole nitrogens is 2. The first-order valence-electron chi connectivity index (χ1n) is 9.08. The van der Waals surface area contributed by atoms with E-state index in [1.165, 1.54) is 12.7 Å². The second-order valence-corrected chi connectivity index (χ2v) is 6.61. The minimum Gasteiger partial charge on any atom is -0.465 e. The lowest BCUT2D eigenvalue weighted by Crippen LogP contribution is -2.13. The second-order valence-electron chi connectivity index (χ2n) is 6.61. The highest BCUT2D eigenvalue weighted by Crippen LogP contribution is 2.29. The Balaban J connectivity index is 1.68. The van der Waals surface area contributed by atoms with Gasteiger partial charge in [0.05, 0.1) is 23.9 Å². The zero-order valence-corrected chi connectivity index (χ0v) is 15.4. The number of carbonyl (C=O) groups is 1. The lowest BCUT2D eigenvalue weighted by Gasteiger charge is -2.02. The molecule has 0 saturated carbocycles. The van der Waals surface area contributed by atoms with Gasteiger partial charge in [0, 0.05) is 22.8 Å². The van der Waals surface area contributed by atoms with Crippen molar-refractivity contribution in [1.82, 2.24) is 20.5 Å². The monoisotopic (exact) mass is 362 g/mol. The number of carbonyl (C=O) groups excluding carboxylic acids is 1. The number of aromatic amines is 2. The average molecular weight is 362 g/mol. The van der Waals surface area contributed by atoms with Crippen molar-refractivity contribution < 1.29 is 9.53 Å². The summed E-state index contributed by atoms with van der Waals surface area (Å²) in [6.45, 7) is 4.05. The van der Waals surface area contributed by atoms with Crippen LogP contribution in [-0.2, 0) is 11.3 Å². The molecule has 0 aliphatic carbocycles. The van der Waals surface area contributed by atoms with Crippen molar-refractivity contribution in [3.05, 3.63) is 53.6 Å². The van der Waals surface area contributed by atoms with Gasteiger partial charge in [0.2, 0.25) is 0 Å². The summed E-state index contributed by atoms with van der Waals surface area (Å²) in [5, 5.41) is 13.0. The molecule has 0 aliphatic rings. The van der Waals surface area contributed by atoms with Crippen LogP contribution < -0.4 is 5.32 Å². The fraction of sp³-hybridized carbons (Fsp3) is 0.238. The Morgan fingerprint density at radius 3 is 2.85 bits per heavy atom. The van der Waals surface area contributed by atoms with E-state index < -0.39 is 0 Å². The Kier molecular flexibility index (Phi) is 4.64. The zero-order chi connectivity index (χ0) is 18.8. The number of rotatable bonds is 6. The van der Waals surface area contributed by atoms with Crippen LogP contribution in [0, 0.1) is 0 Å². The van der Waals surface area contributed by atoms with E-state index in [-0.39, 0.29) is 5.97 Å². The van der Waals surface area contributed by atoms with Crippen LogP contribution in [0.1, 0.15) is 29.3 Å². The van der Waals surface area contributed by atoms with Gasteiger partial charge in [0.1, 0.15) is 5.69 Å². The average Bonchev–Trinajstić information content (AvgIpc) is 3.30. The summed E-state index contributed by atoms with van der Waals surface area (Å²) in [6.07, 6.45) is 1.13. The molecule has 0 atom stereocenters. The fourth-order valence-corrected chi connectivity index (χ4v) is 3.30. The summed E-state index contributed by atoms with van der Waals surface area (Å²) in [6, 6.07) is 14.0. The highest BCUT2D eigenvalue weighted by Gasteiger charge is 2.13. The third kappa shape index (κ3) is 3.31. The number of esters is 1. The summed E-state index contributed by atoms with van der Waals surface area (Å²) < 4.78 is 4.78. The van der Waals surface area contributed by atoms with Crippen LogP contribution in [0.2, 0.25) is 0 Å². The molecule has 0 fully saturated rings. The molecule has 0 saturated heterocycles. The molecule has 0 unspecified atom stereocenters. The van der Waals surface area contributed by atoms with Crippen LogP contribution in [0.5, 0.6) is 0 Å². The predicted molar refractivity (Wildman–Crippen MR) is 107 cm³/mol. The number of fused-ring (bicyclic) bond motifs is 2. The van der Waals surface area contributed by atoms with E-state index in [1.54, 1.807) is 12.1 Å². The number of nitrogens with one attached hydrogen (secondary N) is 3. The number of hydrogen-bond donors (Lipinski definition) is 3. The third-order valence-electron chi connectivity index (χ3n) is 4.68. The van der Waals surface area contributed by atoms with Gasteiger partial charge in [-0.1, -0.05) is 13.0 Å². The van der Waals surface area contributed by atoms with E-state index in [9.17, 15) is 4.79 Å². The van der Waals surface area contributed by atoms with E-state index in [2.05, 4.69) is 51.7 Å². The third-order valence-corrected chi connectivity index (χ3v) is 4.68. The molecule has 2 aromatic heterocycles. The smallest absolute Gasteiger partial charge is 0.337 e. The Labute approximate surface area is 156 Å². The van der Waals surface area contributed by atoms with Crippen LogP contribution in [0.25, 0.3) is 33.2 Å². The molecule has 6 heteroatoms. The Morgan fingerprint density at radius 1 is 1.15 bits per heavy atom. The standard InChI is InChI=1S/C21H22N4O2/c1-3-8-22-12-13-4-7-17-15(9-13)11-19(23-17)20-16-6-5-14(21(26)27-2)10-18(16)24-25-20/h4-7,9-11,22-23H,3,8,12H2,1-2H3,(H,24,25). The number of methoxy groups -OCH3 is 1. The lowest BCUT2D eigenvalue weighted by atomic mass is 10.1. The van der Waals surface area contributed by atoms with Crippen LogP contribution >= 0.6 is 0 Å². The van der Waals surface area contributed by atoms with Crippen molar-refractivity contribution in [3.8, 4) is 11.4 Å². The van der Waals surface area contributed by atoms with Gasteiger partial charge >= 0.3 is 5.97 Å². The summed E-state index contributed by atoms with van der Waals surface area (Å²) in [5.74, 6) is -0.358. The molecule has 4 aromatic rings. The predicted octanol–water partition coefficient (Wildman–Crippen LogP) is 4.00. The van der Waals surface area contributed by atoms with E-state index >= 15 is 0 Å². The normalized spacial score (nSPS) is 11.3. The molecular weight excluding hydrogens is 340 g/mol. The van der Waals surface area contributed by atoms with Gasteiger partial charge in [-0.2, -0.15) is 5.10 Å². The number of hydrogen-bond acceptors (Lipinski definition) is 4. The molecule has 0 aliphatic heterocycles. The van der Waals surface area contributed by atoms with Crippen LogP contribution in [0.3, 0.4) is 0 Å². The molecular formula is C21H22N4O2. The van der Waals surface area contributed by atoms with E-state index in [4.69, 9.17) is 4.74 Å². The lowest BCUT2D eigenvalue weighted by molar-refractivity contribution is 0.0601. The molecule has 2 aromatic carbocycles. The minimum atomic E-state index is -0.358. The Bertz CT molecular complexity index is 1110. The first-order valence-corrected chi connectivity index (χ1v) is 9.08. The quantitative estimate of drug-likeness (QED) is 0.358. The topological polar surface area (TPSA) is 82.8 Å². The molecule has 0 radical (unpaired) electrons. The molecule has 3 N–H and O–H groups in total. The summed E-state index contributed by atoms with van der Waals surface area (Å²) in [5.41, 5.74) is 5.42. The molecule has 27 heavy (non-hydrogen) atoms. The van der Waals surface area contributed by atoms with Gasteiger partial charge in [-0.25, -0.2) is 4.79 Å². The molecule has 138 valence electrons. The van der Waals surface area contributed by atoms with Gasteiger partial charge in [-0.05, 0) is 54.9 Å². The summed E-state index contributed by atoms with van der Waals surface area (Å²) >= 11 is 0. The Hall–Kier alpha value is -3.12. The van der Waals surface area contributed by atoms with Gasteiger partial charge in [-0.3, -0.25) is 5.10 Å². The van der Waals surface area contributed by atoms with Crippen molar-refractivity contribution in [2.45, 2.75) is 19.9 Å². The first kappa shape index (κ1) is 17.3. The maximum atomic E-state index is 11.7. The SMILES string of the molecule is CCCNCc1ccc2[nH]c(-c3n[nH]c4cc(C(=O)OC)ccc34)cc2c1. The highest BCUT2D eigenvalue weighted by molar-refractivity contribution is 5.99. The van der Waals surface area contributed by atoms with Crippen LogP contribution in [0.4, 0.5) is 0 Å². The molecule has 6 nitrogen and oxygen atoms in total. The minimum absolute atomic E-state index is 0.358. The van der Waals surface area contributed by atoms with Gasteiger partial charge < -0.3 is 15.0 Å². The highest BCUT2D eigenvalue weighted by atomic mass is 16.5. The van der Waals surface area contributed by atoms with Gasteiger partial charge in [0.25, 0.3) is 0 Å². The van der Waals surface area contributed by atoms with Crippen molar-refractivity contribution in [2.75, 3.05) is 13.7 Å². The molecule has 0 bridgehead atoms. The van der Waals surface area contributed by atoms with Crippen molar-refractivity contribution in [1.29, 1.82) is 0 Å². The number of nitrogens with zero attached hydrogens (tertiary/aromatic N) is 1. The van der Waals surface area contributed by atoms with Crippen LogP contribution in [0.15, 0.2) is 42.5 Å². The van der Waals surface area contributed by atoms with E-state index in [0.717, 1.165) is 52.7 Å². The van der Waals surface area contributed by atoms with Gasteiger partial charge in [-0.15, -0.1) is 0 Å². The zero-order valence-electron chi connectivity index (χ0n) is 15.4. The number of ether oxygens (including phenoxy) is 1. The molecule has 4 rings (SSSR count). The van der Waals surface area contributed by atoms with E-state index in [1.807, 2.05) is 6.07 Å².